The summed E-state index contributed by atoms with van der Waals surface area (Å²) in [5.41, 5.74) is 3.49. The molecule has 0 aromatic heterocycles. The third-order valence-electron chi connectivity index (χ3n) is 1.76. The second-order valence-corrected chi connectivity index (χ2v) is 2.81. The van der Waals surface area contributed by atoms with Gasteiger partial charge in [0.15, 0.2) is 0 Å². The van der Waals surface area contributed by atoms with E-state index in [1.807, 2.05) is 26.0 Å². The van der Waals surface area contributed by atoms with Gasteiger partial charge in [-0.2, -0.15) is 0 Å². The predicted molar refractivity (Wildman–Crippen MR) is 50.6 cm³/mol. The van der Waals surface area contributed by atoms with E-state index in [0.717, 1.165) is 5.56 Å². The van der Waals surface area contributed by atoms with Crippen molar-refractivity contribution in [3.05, 3.63) is 41.0 Å². The third-order valence-corrected chi connectivity index (χ3v) is 1.76. The van der Waals surface area contributed by atoms with Gasteiger partial charge in [0.05, 0.1) is 0 Å². The molecule has 0 atom stereocenters. The van der Waals surface area contributed by atoms with Crippen molar-refractivity contribution >= 4 is 12.4 Å². The van der Waals surface area contributed by atoms with Crippen molar-refractivity contribution < 1.29 is 4.79 Å². The molecule has 1 aromatic carbocycles. The molecule has 1 aromatic rings. The van der Waals surface area contributed by atoms with E-state index in [1.165, 1.54) is 17.2 Å². The topological polar surface area (TPSA) is 17.1 Å². The zero-order valence-electron chi connectivity index (χ0n) is 7.29. The van der Waals surface area contributed by atoms with Gasteiger partial charge in [0, 0.05) is 0 Å². The van der Waals surface area contributed by atoms with E-state index >= 15 is 0 Å². The molecule has 0 heterocycles. The average Bonchev–Trinajstić information content (AvgIpc) is 2.03. The lowest BCUT2D eigenvalue weighted by atomic mass is 10.1. The minimum Gasteiger partial charge on any atom is -0.286 e. The third kappa shape index (κ3) is 2.06. The monoisotopic (exact) mass is 159 g/mol. The molecule has 0 aliphatic carbocycles. The van der Waals surface area contributed by atoms with E-state index < -0.39 is 0 Å². The van der Waals surface area contributed by atoms with Gasteiger partial charge in [-0.25, -0.2) is 0 Å². The Morgan fingerprint density at radius 1 is 1.33 bits per heavy atom. The van der Waals surface area contributed by atoms with E-state index in [-0.39, 0.29) is 0 Å². The van der Waals surface area contributed by atoms with Crippen LogP contribution in [0, 0.1) is 13.8 Å². The van der Waals surface area contributed by atoms with Crippen molar-refractivity contribution in [2.75, 3.05) is 0 Å². The Bertz CT molecular complexity index is 311. The highest BCUT2D eigenvalue weighted by Gasteiger charge is 1.92. The van der Waals surface area contributed by atoms with Crippen molar-refractivity contribution in [2.24, 2.45) is 0 Å². The Kier molecular flexibility index (Phi) is 2.81. The van der Waals surface area contributed by atoms with E-state index in [9.17, 15) is 4.79 Å². The fourth-order valence-corrected chi connectivity index (χ4v) is 1.14. The van der Waals surface area contributed by atoms with Gasteiger partial charge in [0.2, 0.25) is 6.29 Å². The minimum absolute atomic E-state index is 1.07. The molecule has 0 saturated heterocycles. The summed E-state index contributed by atoms with van der Waals surface area (Å²) >= 11 is 0. The molecular formula is C11H11O. The lowest BCUT2D eigenvalue weighted by molar-refractivity contribution is 0.564. The number of aryl methyl sites for hydroxylation is 2. The summed E-state index contributed by atoms with van der Waals surface area (Å²) < 4.78 is 0. The van der Waals surface area contributed by atoms with Gasteiger partial charge < -0.3 is 0 Å². The summed E-state index contributed by atoms with van der Waals surface area (Å²) in [4.78, 5) is 9.94. The molecule has 0 amide bonds. The molecule has 0 spiro atoms. The smallest absolute Gasteiger partial charge is 0.225 e. The largest absolute Gasteiger partial charge is 0.286 e. The second kappa shape index (κ2) is 3.86. The summed E-state index contributed by atoms with van der Waals surface area (Å²) in [7, 11) is 0. The minimum atomic E-state index is 1.07. The molecule has 0 bridgehead atoms. The molecule has 12 heavy (non-hydrogen) atoms. The maximum Gasteiger partial charge on any atom is 0.225 e. The molecule has 1 rings (SSSR count). The van der Waals surface area contributed by atoms with E-state index in [2.05, 4.69) is 6.07 Å². The van der Waals surface area contributed by atoms with Gasteiger partial charge in [-0.3, -0.25) is 4.79 Å². The zero-order chi connectivity index (χ0) is 8.97. The number of benzene rings is 1. The highest BCUT2D eigenvalue weighted by atomic mass is 16.1. The van der Waals surface area contributed by atoms with Crippen LogP contribution in [0.25, 0.3) is 6.08 Å². The van der Waals surface area contributed by atoms with Gasteiger partial charge in [-0.1, -0.05) is 29.8 Å². The number of allylic oxidation sites excluding steroid dienone is 1. The van der Waals surface area contributed by atoms with Crippen molar-refractivity contribution in [3.8, 4) is 0 Å². The number of rotatable bonds is 2. The Morgan fingerprint density at radius 3 is 2.67 bits per heavy atom. The van der Waals surface area contributed by atoms with Crippen LogP contribution < -0.4 is 0 Å². The van der Waals surface area contributed by atoms with Crippen molar-refractivity contribution in [1.82, 2.24) is 0 Å². The van der Waals surface area contributed by atoms with Crippen LogP contribution in [0.3, 0.4) is 0 Å². The maximum absolute atomic E-state index is 9.94. The van der Waals surface area contributed by atoms with Gasteiger partial charge in [0.1, 0.15) is 0 Å². The zero-order valence-corrected chi connectivity index (χ0v) is 7.29. The average molecular weight is 159 g/mol. The lowest BCUT2D eigenvalue weighted by Gasteiger charge is -2.00. The van der Waals surface area contributed by atoms with Gasteiger partial charge in [0.25, 0.3) is 0 Å². The summed E-state index contributed by atoms with van der Waals surface area (Å²) in [5.74, 6) is 0. The normalized spacial score (nSPS) is 10.5. The molecule has 0 unspecified atom stereocenters. The highest BCUT2D eigenvalue weighted by molar-refractivity contribution is 5.75. The molecule has 1 heteroatoms. The van der Waals surface area contributed by atoms with Crippen LogP contribution >= 0.6 is 0 Å². The van der Waals surface area contributed by atoms with Crippen LogP contribution in [0.5, 0.6) is 0 Å². The van der Waals surface area contributed by atoms with Crippen LogP contribution in [0.15, 0.2) is 24.3 Å². The SMILES string of the molecule is Cc1ccc(C=C[C]=O)c(C)c1. The number of carbonyl (C=O) groups excluding carboxylic acids is 1. The van der Waals surface area contributed by atoms with Crippen LogP contribution in [0.4, 0.5) is 0 Å². The summed E-state index contributed by atoms with van der Waals surface area (Å²) in [5, 5.41) is 0. The Labute approximate surface area is 72.7 Å². The van der Waals surface area contributed by atoms with Gasteiger partial charge in [-0.05, 0) is 31.1 Å². The molecule has 61 valence electrons. The maximum atomic E-state index is 9.94. The molecule has 1 radical (unpaired) electrons. The fourth-order valence-electron chi connectivity index (χ4n) is 1.14. The van der Waals surface area contributed by atoms with Crippen molar-refractivity contribution in [2.45, 2.75) is 13.8 Å². The van der Waals surface area contributed by atoms with E-state index in [0.29, 0.717) is 0 Å². The molecular weight excluding hydrogens is 148 g/mol. The van der Waals surface area contributed by atoms with Crippen LogP contribution in [-0.2, 0) is 4.79 Å². The predicted octanol–water partition coefficient (Wildman–Crippen LogP) is 2.43. The van der Waals surface area contributed by atoms with E-state index in [4.69, 9.17) is 0 Å². The summed E-state index contributed by atoms with van der Waals surface area (Å²) in [6.45, 7) is 4.07. The molecule has 0 fully saturated rings. The first kappa shape index (κ1) is 8.72. The van der Waals surface area contributed by atoms with Crippen LogP contribution in [0.2, 0.25) is 0 Å². The summed E-state index contributed by atoms with van der Waals surface area (Å²) in [6, 6.07) is 6.11. The fraction of sp³-hybridized carbons (Fsp3) is 0.182. The molecule has 0 aliphatic heterocycles. The molecule has 0 N–H and O–H groups in total. The first-order chi connectivity index (χ1) is 5.74. The Balaban J connectivity index is 3.01. The van der Waals surface area contributed by atoms with Gasteiger partial charge >= 0.3 is 0 Å². The molecule has 0 aliphatic rings. The Hall–Kier alpha value is -1.37. The number of hydrogen-bond acceptors (Lipinski definition) is 1. The quantitative estimate of drug-likeness (QED) is 0.606. The van der Waals surface area contributed by atoms with E-state index in [1.54, 1.807) is 12.4 Å². The first-order valence-electron chi connectivity index (χ1n) is 3.85. The van der Waals surface area contributed by atoms with Gasteiger partial charge in [-0.15, -0.1) is 0 Å². The Morgan fingerprint density at radius 2 is 2.08 bits per heavy atom. The summed E-state index contributed by atoms with van der Waals surface area (Å²) in [6.07, 6.45) is 4.88. The standard InChI is InChI=1S/C11H11O/c1-9-5-6-11(4-3-7-12)10(2)8-9/h3-6,8H,1-2H3. The van der Waals surface area contributed by atoms with Crippen LogP contribution in [0.1, 0.15) is 16.7 Å². The second-order valence-electron chi connectivity index (χ2n) is 2.81. The lowest BCUT2D eigenvalue weighted by Crippen LogP contribution is -1.81. The number of hydrogen-bond donors (Lipinski definition) is 0. The molecule has 1 nitrogen and oxygen atoms in total. The highest BCUT2D eigenvalue weighted by Crippen LogP contribution is 2.11. The van der Waals surface area contributed by atoms with Crippen molar-refractivity contribution in [3.63, 3.8) is 0 Å². The molecule has 0 saturated carbocycles. The van der Waals surface area contributed by atoms with Crippen molar-refractivity contribution in [1.29, 1.82) is 0 Å². The van der Waals surface area contributed by atoms with Crippen LogP contribution in [-0.4, -0.2) is 6.29 Å². The first-order valence-corrected chi connectivity index (χ1v) is 3.85.